The summed E-state index contributed by atoms with van der Waals surface area (Å²) >= 11 is 0. The van der Waals surface area contributed by atoms with Gasteiger partial charge in [-0.2, -0.15) is 13.2 Å². The number of hydrogen-bond acceptors (Lipinski definition) is 3. The van der Waals surface area contributed by atoms with Gasteiger partial charge in [0.1, 0.15) is 11.5 Å². The maximum Gasteiger partial charge on any atom is 0.433 e. The second kappa shape index (κ2) is 4.85. The number of hydrogen-bond donors (Lipinski definition) is 1. The van der Waals surface area contributed by atoms with Crippen molar-refractivity contribution < 1.29 is 13.2 Å². The quantitative estimate of drug-likeness (QED) is 0.902. The van der Waals surface area contributed by atoms with E-state index in [1.165, 1.54) is 30.5 Å². The maximum absolute atomic E-state index is 12.6. The minimum atomic E-state index is -4.55. The van der Waals surface area contributed by atoms with Crippen LogP contribution in [0.5, 0.6) is 0 Å². The standard InChI is InChI=1S/C12H10F3N3O/c13-12(14,15)9-4-1-5-10(17-9)18-6-2-3-8(7-16)11(18)19/h1-6H,7,16H2. The third-order valence-electron chi connectivity index (χ3n) is 2.52. The fourth-order valence-corrected chi connectivity index (χ4v) is 1.59. The van der Waals surface area contributed by atoms with Gasteiger partial charge in [0.2, 0.25) is 0 Å². The molecule has 7 heteroatoms. The molecular formula is C12H10F3N3O. The van der Waals surface area contributed by atoms with Crippen LogP contribution in [-0.2, 0) is 12.7 Å². The predicted molar refractivity (Wildman–Crippen MR) is 62.7 cm³/mol. The van der Waals surface area contributed by atoms with Crippen LogP contribution >= 0.6 is 0 Å². The largest absolute Gasteiger partial charge is 0.433 e. The number of halogens is 3. The van der Waals surface area contributed by atoms with Crippen molar-refractivity contribution in [2.24, 2.45) is 5.73 Å². The molecule has 0 aliphatic carbocycles. The van der Waals surface area contributed by atoms with Crippen LogP contribution in [0.2, 0.25) is 0 Å². The molecular weight excluding hydrogens is 259 g/mol. The molecule has 0 saturated carbocycles. The summed E-state index contributed by atoms with van der Waals surface area (Å²) in [4.78, 5) is 15.4. The lowest BCUT2D eigenvalue weighted by atomic mass is 10.2. The van der Waals surface area contributed by atoms with Crippen LogP contribution in [0, 0.1) is 0 Å². The lowest BCUT2D eigenvalue weighted by Gasteiger charge is -2.10. The number of alkyl halides is 3. The van der Waals surface area contributed by atoms with E-state index in [0.29, 0.717) is 5.56 Å². The second-order valence-electron chi connectivity index (χ2n) is 3.79. The van der Waals surface area contributed by atoms with E-state index in [4.69, 9.17) is 5.73 Å². The molecule has 0 aliphatic rings. The normalized spacial score (nSPS) is 11.6. The SMILES string of the molecule is NCc1cccn(-c2cccc(C(F)(F)F)n2)c1=O. The van der Waals surface area contributed by atoms with Gasteiger partial charge in [-0.05, 0) is 18.2 Å². The van der Waals surface area contributed by atoms with Crippen molar-refractivity contribution in [3.63, 3.8) is 0 Å². The smallest absolute Gasteiger partial charge is 0.326 e. The van der Waals surface area contributed by atoms with E-state index in [0.717, 1.165) is 10.6 Å². The fraction of sp³-hybridized carbons (Fsp3) is 0.167. The summed E-state index contributed by atoms with van der Waals surface area (Å²) in [6.07, 6.45) is -3.20. The highest BCUT2D eigenvalue weighted by Gasteiger charge is 2.32. The molecule has 4 nitrogen and oxygen atoms in total. The van der Waals surface area contributed by atoms with Gasteiger partial charge < -0.3 is 5.73 Å². The number of aromatic nitrogens is 2. The lowest BCUT2D eigenvalue weighted by molar-refractivity contribution is -0.141. The Labute approximate surface area is 106 Å². The Hall–Kier alpha value is -2.15. The number of nitrogens with zero attached hydrogens (tertiary/aromatic N) is 2. The Morgan fingerprint density at radius 2 is 1.95 bits per heavy atom. The molecule has 0 fully saturated rings. The Morgan fingerprint density at radius 1 is 1.21 bits per heavy atom. The van der Waals surface area contributed by atoms with Gasteiger partial charge in [0.15, 0.2) is 0 Å². The predicted octanol–water partition coefficient (Wildman–Crippen LogP) is 1.71. The highest BCUT2D eigenvalue weighted by molar-refractivity contribution is 5.28. The molecule has 2 N–H and O–H groups in total. The molecule has 0 bridgehead atoms. The summed E-state index contributed by atoms with van der Waals surface area (Å²) < 4.78 is 38.7. The Balaban J connectivity index is 2.57. The molecule has 0 atom stereocenters. The number of nitrogens with two attached hydrogens (primary N) is 1. The molecule has 100 valence electrons. The molecule has 0 spiro atoms. The van der Waals surface area contributed by atoms with E-state index in [1.807, 2.05) is 0 Å². The molecule has 2 rings (SSSR count). The van der Waals surface area contributed by atoms with Crippen molar-refractivity contribution in [3.05, 3.63) is 58.1 Å². The van der Waals surface area contributed by atoms with Crippen LogP contribution in [-0.4, -0.2) is 9.55 Å². The zero-order chi connectivity index (χ0) is 14.0. The monoisotopic (exact) mass is 269 g/mol. The number of rotatable bonds is 2. The Kier molecular flexibility index (Phi) is 3.39. The molecule has 0 saturated heterocycles. The zero-order valence-electron chi connectivity index (χ0n) is 9.69. The molecule has 0 aromatic carbocycles. The summed E-state index contributed by atoms with van der Waals surface area (Å²) in [5.74, 6) is -0.0878. The summed E-state index contributed by atoms with van der Waals surface area (Å²) in [6.45, 7) is 0.0125. The number of pyridine rings is 2. The third-order valence-corrected chi connectivity index (χ3v) is 2.52. The van der Waals surface area contributed by atoms with Gasteiger partial charge in [0, 0.05) is 18.3 Å². The first-order valence-electron chi connectivity index (χ1n) is 5.38. The van der Waals surface area contributed by atoms with E-state index in [9.17, 15) is 18.0 Å². The minimum Gasteiger partial charge on any atom is -0.326 e. The van der Waals surface area contributed by atoms with E-state index in [-0.39, 0.29) is 12.4 Å². The fourth-order valence-electron chi connectivity index (χ4n) is 1.59. The van der Waals surface area contributed by atoms with Crippen LogP contribution < -0.4 is 11.3 Å². The Bertz CT molecular complexity index is 649. The summed E-state index contributed by atoms with van der Waals surface area (Å²) in [5.41, 5.74) is 4.17. The van der Waals surface area contributed by atoms with Crippen LogP contribution in [0.15, 0.2) is 41.3 Å². The first-order valence-corrected chi connectivity index (χ1v) is 5.38. The minimum absolute atomic E-state index is 0.0125. The first-order chi connectivity index (χ1) is 8.93. The molecule has 0 unspecified atom stereocenters. The van der Waals surface area contributed by atoms with Gasteiger partial charge >= 0.3 is 6.18 Å². The van der Waals surface area contributed by atoms with E-state index in [1.54, 1.807) is 0 Å². The maximum atomic E-state index is 12.6. The average molecular weight is 269 g/mol. The van der Waals surface area contributed by atoms with Crippen molar-refractivity contribution in [1.29, 1.82) is 0 Å². The van der Waals surface area contributed by atoms with Gasteiger partial charge in [0.25, 0.3) is 5.56 Å². The van der Waals surface area contributed by atoms with Crippen molar-refractivity contribution in [2.75, 3.05) is 0 Å². The lowest BCUT2D eigenvalue weighted by Crippen LogP contribution is -2.24. The summed E-state index contributed by atoms with van der Waals surface area (Å²) in [7, 11) is 0. The first kappa shape index (κ1) is 13.3. The molecule has 2 aromatic rings. The van der Waals surface area contributed by atoms with E-state index < -0.39 is 17.4 Å². The highest BCUT2D eigenvalue weighted by atomic mass is 19.4. The van der Waals surface area contributed by atoms with Gasteiger partial charge in [-0.1, -0.05) is 12.1 Å². The molecule has 0 radical (unpaired) electrons. The van der Waals surface area contributed by atoms with Gasteiger partial charge in [-0.15, -0.1) is 0 Å². The Morgan fingerprint density at radius 3 is 2.58 bits per heavy atom. The molecule has 0 amide bonds. The van der Waals surface area contributed by atoms with Crippen molar-refractivity contribution in [1.82, 2.24) is 9.55 Å². The van der Waals surface area contributed by atoms with Crippen LogP contribution in [0.4, 0.5) is 13.2 Å². The van der Waals surface area contributed by atoms with Crippen molar-refractivity contribution in [3.8, 4) is 5.82 Å². The topological polar surface area (TPSA) is 60.9 Å². The summed E-state index contributed by atoms with van der Waals surface area (Å²) in [5, 5.41) is 0. The van der Waals surface area contributed by atoms with Crippen molar-refractivity contribution >= 4 is 0 Å². The molecule has 2 aromatic heterocycles. The van der Waals surface area contributed by atoms with Gasteiger partial charge in [-0.3, -0.25) is 9.36 Å². The van der Waals surface area contributed by atoms with Crippen LogP contribution in [0.1, 0.15) is 11.3 Å². The zero-order valence-corrected chi connectivity index (χ0v) is 9.69. The second-order valence-corrected chi connectivity index (χ2v) is 3.79. The molecule has 19 heavy (non-hydrogen) atoms. The van der Waals surface area contributed by atoms with Gasteiger partial charge in [0.05, 0.1) is 0 Å². The van der Waals surface area contributed by atoms with Crippen LogP contribution in [0.3, 0.4) is 0 Å². The van der Waals surface area contributed by atoms with E-state index in [2.05, 4.69) is 4.98 Å². The summed E-state index contributed by atoms with van der Waals surface area (Å²) in [6, 6.07) is 6.43. The van der Waals surface area contributed by atoms with Crippen molar-refractivity contribution in [2.45, 2.75) is 12.7 Å². The van der Waals surface area contributed by atoms with Crippen LogP contribution in [0.25, 0.3) is 5.82 Å². The van der Waals surface area contributed by atoms with E-state index >= 15 is 0 Å². The molecule has 2 heterocycles. The average Bonchev–Trinajstić information content (AvgIpc) is 2.38. The third kappa shape index (κ3) is 2.65. The molecule has 0 aliphatic heterocycles. The van der Waals surface area contributed by atoms with Gasteiger partial charge in [-0.25, -0.2) is 4.98 Å². The highest BCUT2D eigenvalue weighted by Crippen LogP contribution is 2.27.